The van der Waals surface area contributed by atoms with E-state index in [-0.39, 0.29) is 17.8 Å². The SMILES string of the molecule is CCCn1cnc2c1c(=O)n(CCCC(C)(O)C#CCN(CC)CC)c(=O)n2CC. The van der Waals surface area contributed by atoms with Crippen molar-refractivity contribution < 1.29 is 5.11 Å². The predicted molar refractivity (Wildman–Crippen MR) is 120 cm³/mol. The van der Waals surface area contributed by atoms with Crippen molar-refractivity contribution in [3.8, 4) is 11.8 Å². The number of aryl methyl sites for hydroxylation is 2. The second kappa shape index (κ2) is 10.6. The van der Waals surface area contributed by atoms with Crippen LogP contribution < -0.4 is 11.2 Å². The second-order valence-electron chi connectivity index (χ2n) is 7.73. The summed E-state index contributed by atoms with van der Waals surface area (Å²) >= 11 is 0. The van der Waals surface area contributed by atoms with E-state index in [0.717, 1.165) is 19.5 Å². The van der Waals surface area contributed by atoms with Crippen molar-refractivity contribution in [2.75, 3.05) is 19.6 Å². The maximum absolute atomic E-state index is 13.0. The van der Waals surface area contributed by atoms with Gasteiger partial charge < -0.3 is 9.67 Å². The van der Waals surface area contributed by atoms with E-state index in [1.165, 1.54) is 9.13 Å². The van der Waals surface area contributed by atoms with E-state index in [9.17, 15) is 14.7 Å². The molecular weight excluding hydrogens is 382 g/mol. The summed E-state index contributed by atoms with van der Waals surface area (Å²) in [6.07, 6.45) is 3.34. The Morgan fingerprint density at radius 1 is 1.13 bits per heavy atom. The van der Waals surface area contributed by atoms with Crippen LogP contribution in [-0.4, -0.2) is 53.9 Å². The van der Waals surface area contributed by atoms with Crippen LogP contribution in [0.2, 0.25) is 0 Å². The molecule has 8 nitrogen and oxygen atoms in total. The molecule has 0 fully saturated rings. The van der Waals surface area contributed by atoms with Crippen LogP contribution in [0.4, 0.5) is 0 Å². The van der Waals surface area contributed by atoms with Gasteiger partial charge in [0.05, 0.1) is 12.9 Å². The van der Waals surface area contributed by atoms with Crippen molar-refractivity contribution in [3.05, 3.63) is 27.2 Å². The van der Waals surface area contributed by atoms with Gasteiger partial charge in [-0.05, 0) is 46.2 Å². The lowest BCUT2D eigenvalue weighted by atomic mass is 10.0. The van der Waals surface area contributed by atoms with Crippen LogP contribution in [0.1, 0.15) is 53.9 Å². The number of hydrogen-bond acceptors (Lipinski definition) is 5. The molecule has 30 heavy (non-hydrogen) atoms. The third-order valence-electron chi connectivity index (χ3n) is 5.36. The number of rotatable bonds is 10. The highest BCUT2D eigenvalue weighted by atomic mass is 16.3. The minimum Gasteiger partial charge on any atom is -0.378 e. The number of aliphatic hydroxyl groups is 1. The molecule has 1 N–H and O–H groups in total. The lowest BCUT2D eigenvalue weighted by Crippen LogP contribution is -2.40. The molecule has 2 aromatic rings. The van der Waals surface area contributed by atoms with Gasteiger partial charge in [-0.25, -0.2) is 9.78 Å². The summed E-state index contributed by atoms with van der Waals surface area (Å²) in [6, 6.07) is 0. The highest BCUT2D eigenvalue weighted by Crippen LogP contribution is 2.12. The van der Waals surface area contributed by atoms with Gasteiger partial charge in [-0.2, -0.15) is 0 Å². The molecule has 0 aliphatic heterocycles. The minimum atomic E-state index is -1.16. The smallest absolute Gasteiger partial charge is 0.332 e. The van der Waals surface area contributed by atoms with Gasteiger partial charge in [0.25, 0.3) is 5.56 Å². The van der Waals surface area contributed by atoms with Gasteiger partial charge >= 0.3 is 5.69 Å². The van der Waals surface area contributed by atoms with Crippen LogP contribution in [0.3, 0.4) is 0 Å². The lowest BCUT2D eigenvalue weighted by Gasteiger charge is -2.18. The van der Waals surface area contributed by atoms with Crippen LogP contribution >= 0.6 is 0 Å². The highest BCUT2D eigenvalue weighted by Gasteiger charge is 2.20. The molecule has 0 bridgehead atoms. The third-order valence-corrected chi connectivity index (χ3v) is 5.36. The Bertz CT molecular complexity index is 1020. The topological polar surface area (TPSA) is 85.3 Å². The molecule has 1 atom stereocenters. The van der Waals surface area contributed by atoms with Crippen LogP contribution in [0.15, 0.2) is 15.9 Å². The molecule has 2 aromatic heterocycles. The summed E-state index contributed by atoms with van der Waals surface area (Å²) in [5, 5.41) is 10.6. The zero-order valence-electron chi connectivity index (χ0n) is 18.9. The summed E-state index contributed by atoms with van der Waals surface area (Å²) in [5.74, 6) is 5.97. The van der Waals surface area contributed by atoms with Crippen molar-refractivity contribution >= 4 is 11.2 Å². The quantitative estimate of drug-likeness (QED) is 0.595. The molecule has 0 radical (unpaired) electrons. The average Bonchev–Trinajstić information content (AvgIpc) is 3.12. The average molecular weight is 418 g/mol. The monoisotopic (exact) mass is 417 g/mol. The molecule has 0 aromatic carbocycles. The van der Waals surface area contributed by atoms with Crippen molar-refractivity contribution in [2.24, 2.45) is 0 Å². The lowest BCUT2D eigenvalue weighted by molar-refractivity contribution is 0.108. The first-order chi connectivity index (χ1) is 14.3. The van der Waals surface area contributed by atoms with Gasteiger partial charge in [0.1, 0.15) is 5.60 Å². The van der Waals surface area contributed by atoms with E-state index in [2.05, 4.69) is 35.6 Å². The van der Waals surface area contributed by atoms with E-state index in [4.69, 9.17) is 0 Å². The molecule has 0 saturated heterocycles. The summed E-state index contributed by atoms with van der Waals surface area (Å²) < 4.78 is 4.61. The molecule has 166 valence electrons. The van der Waals surface area contributed by atoms with Gasteiger partial charge in [0.15, 0.2) is 11.2 Å². The number of hydrogen-bond donors (Lipinski definition) is 1. The molecule has 2 heterocycles. The minimum absolute atomic E-state index is 0.235. The first-order valence-electron chi connectivity index (χ1n) is 10.9. The Morgan fingerprint density at radius 3 is 2.43 bits per heavy atom. The molecule has 0 saturated carbocycles. The van der Waals surface area contributed by atoms with Gasteiger partial charge in [0, 0.05) is 19.6 Å². The van der Waals surface area contributed by atoms with Gasteiger partial charge in [-0.3, -0.25) is 18.8 Å². The highest BCUT2D eigenvalue weighted by molar-refractivity contribution is 5.70. The summed E-state index contributed by atoms with van der Waals surface area (Å²) in [5.41, 5.74) is -0.938. The van der Waals surface area contributed by atoms with Crippen LogP contribution in [0.25, 0.3) is 11.2 Å². The first kappa shape index (κ1) is 23.9. The Labute approximate surface area is 178 Å². The zero-order chi connectivity index (χ0) is 22.3. The standard InChI is InChI=1S/C22H35N5O3/c1-6-14-25-17-23-19-18(25)20(28)27(21(29)26(19)9-4)16-11-13-22(5,30)12-10-15-24(7-2)8-3/h17,30H,6-9,11,13-16H2,1-5H3. The maximum atomic E-state index is 13.0. The number of fused-ring (bicyclic) bond motifs is 1. The molecule has 0 aliphatic carbocycles. The van der Waals surface area contributed by atoms with Crippen molar-refractivity contribution in [1.82, 2.24) is 23.6 Å². The molecule has 2 rings (SSSR count). The fourth-order valence-electron chi connectivity index (χ4n) is 3.56. The van der Waals surface area contributed by atoms with Gasteiger partial charge in [-0.15, -0.1) is 0 Å². The van der Waals surface area contributed by atoms with E-state index in [0.29, 0.717) is 43.6 Å². The molecule has 0 spiro atoms. The van der Waals surface area contributed by atoms with Crippen LogP contribution in [0.5, 0.6) is 0 Å². The predicted octanol–water partition coefficient (Wildman–Crippen LogP) is 1.67. The van der Waals surface area contributed by atoms with Gasteiger partial charge in [0.2, 0.25) is 0 Å². The summed E-state index contributed by atoms with van der Waals surface area (Å²) in [4.78, 5) is 32.4. The molecule has 8 heteroatoms. The molecule has 0 amide bonds. The molecular formula is C22H35N5O3. The number of imidazole rings is 1. The van der Waals surface area contributed by atoms with Crippen molar-refractivity contribution in [2.45, 2.75) is 79.1 Å². The van der Waals surface area contributed by atoms with E-state index in [1.54, 1.807) is 13.3 Å². The maximum Gasteiger partial charge on any atom is 0.332 e. The van der Waals surface area contributed by atoms with Gasteiger partial charge in [-0.1, -0.05) is 32.6 Å². The molecule has 1 unspecified atom stereocenters. The summed E-state index contributed by atoms with van der Waals surface area (Å²) in [7, 11) is 0. The fraction of sp³-hybridized carbons (Fsp3) is 0.682. The normalized spacial score (nSPS) is 13.4. The van der Waals surface area contributed by atoms with E-state index >= 15 is 0 Å². The third kappa shape index (κ3) is 5.41. The Balaban J connectivity index is 2.22. The zero-order valence-corrected chi connectivity index (χ0v) is 18.9. The van der Waals surface area contributed by atoms with Crippen molar-refractivity contribution in [1.29, 1.82) is 0 Å². The Hall–Kier alpha value is -2.37. The van der Waals surface area contributed by atoms with E-state index in [1.807, 2.05) is 18.4 Å². The number of nitrogens with zero attached hydrogens (tertiary/aromatic N) is 5. The molecule has 0 aliphatic rings. The largest absolute Gasteiger partial charge is 0.378 e. The Kier molecular flexibility index (Phi) is 8.44. The Morgan fingerprint density at radius 2 is 1.83 bits per heavy atom. The second-order valence-corrected chi connectivity index (χ2v) is 7.73. The fourth-order valence-corrected chi connectivity index (χ4v) is 3.56. The van der Waals surface area contributed by atoms with Crippen LogP contribution in [-0.2, 0) is 19.6 Å². The summed E-state index contributed by atoms with van der Waals surface area (Å²) in [6.45, 7) is 13.5. The van der Waals surface area contributed by atoms with E-state index < -0.39 is 5.60 Å². The first-order valence-corrected chi connectivity index (χ1v) is 10.9. The number of aromatic nitrogens is 4. The van der Waals surface area contributed by atoms with Crippen molar-refractivity contribution in [3.63, 3.8) is 0 Å². The van der Waals surface area contributed by atoms with Crippen LogP contribution in [0, 0.1) is 11.8 Å².